The van der Waals surface area contributed by atoms with Crippen molar-refractivity contribution in [3.63, 3.8) is 0 Å². The molecule has 0 N–H and O–H groups in total. The number of fused-ring (bicyclic) bond motifs is 5. The second-order valence-electron chi connectivity index (χ2n) is 18.9. The summed E-state index contributed by atoms with van der Waals surface area (Å²) in [6.45, 7) is 15.5. The predicted octanol–water partition coefficient (Wildman–Crippen LogP) is 13.3. The third kappa shape index (κ3) is 9.87. The fourth-order valence-corrected chi connectivity index (χ4v) is 11.7. The Balaban J connectivity index is 0.884. The standard InChI is InChI=1S/C51H72O3/c1-7-8-15-39-17-19-40(20-18-39)21-22-41-23-26-43(27-24-41)53-35-11-9-10-16-49(52)54-44-31-33-50(5)42(36-44)25-28-45-47-30-29-46(38(4)14-12-13-37(2)3)51(47,6)34-32-48(45)50/h17-20,23-27,37-38,44-48H,7-16,28-36H2,1-6H3/t38-,44+,45+,46-,47+,48+,50+,51-/m1/s1. The van der Waals surface area contributed by atoms with Gasteiger partial charge >= 0.3 is 5.97 Å². The minimum Gasteiger partial charge on any atom is -0.494 e. The van der Waals surface area contributed by atoms with E-state index in [2.05, 4.69) is 83.7 Å². The average Bonchev–Trinajstić information content (AvgIpc) is 3.52. The van der Waals surface area contributed by atoms with Crippen LogP contribution in [0.25, 0.3) is 0 Å². The van der Waals surface area contributed by atoms with Crippen LogP contribution in [0.15, 0.2) is 60.2 Å². The zero-order chi connectivity index (χ0) is 38.1. The smallest absolute Gasteiger partial charge is 0.306 e. The molecular weight excluding hydrogens is 661 g/mol. The summed E-state index contributed by atoms with van der Waals surface area (Å²) in [6, 6.07) is 16.7. The molecule has 3 heteroatoms. The first-order valence-corrected chi connectivity index (χ1v) is 22.3. The Morgan fingerprint density at radius 3 is 2.28 bits per heavy atom. The molecule has 0 bridgehead atoms. The van der Waals surface area contributed by atoms with Crippen LogP contribution in [0.3, 0.4) is 0 Å². The molecule has 0 saturated heterocycles. The molecule has 0 spiro atoms. The molecule has 2 aromatic carbocycles. The van der Waals surface area contributed by atoms with Gasteiger partial charge < -0.3 is 9.47 Å². The number of carbonyl (C=O) groups excluding carboxylic acids is 1. The number of unbranched alkanes of at least 4 members (excludes halogenated alkanes) is 3. The number of benzene rings is 2. The van der Waals surface area contributed by atoms with E-state index < -0.39 is 0 Å². The maximum Gasteiger partial charge on any atom is 0.306 e. The van der Waals surface area contributed by atoms with Crippen LogP contribution in [-0.2, 0) is 16.0 Å². The third-order valence-electron chi connectivity index (χ3n) is 14.8. The maximum atomic E-state index is 12.9. The first kappa shape index (κ1) is 40.7. The fraction of sp³-hybridized carbons (Fsp3) is 0.667. The van der Waals surface area contributed by atoms with Gasteiger partial charge in [0, 0.05) is 24.0 Å². The van der Waals surface area contributed by atoms with Gasteiger partial charge in [-0.1, -0.05) is 103 Å². The summed E-state index contributed by atoms with van der Waals surface area (Å²) in [5.74, 6) is 12.5. The van der Waals surface area contributed by atoms with Crippen LogP contribution >= 0.6 is 0 Å². The van der Waals surface area contributed by atoms with Gasteiger partial charge in [-0.05, 0) is 165 Å². The zero-order valence-electron chi connectivity index (χ0n) is 34.9. The van der Waals surface area contributed by atoms with E-state index in [1.165, 1.54) is 76.2 Å². The van der Waals surface area contributed by atoms with Crippen LogP contribution in [0, 0.1) is 58.2 Å². The van der Waals surface area contributed by atoms with Crippen LogP contribution in [-0.4, -0.2) is 18.7 Å². The van der Waals surface area contributed by atoms with Crippen molar-refractivity contribution in [3.05, 3.63) is 76.9 Å². The summed E-state index contributed by atoms with van der Waals surface area (Å²) >= 11 is 0. The van der Waals surface area contributed by atoms with Gasteiger partial charge in [0.05, 0.1) is 6.61 Å². The summed E-state index contributed by atoms with van der Waals surface area (Å²) in [7, 11) is 0. The van der Waals surface area contributed by atoms with Gasteiger partial charge in [-0.25, -0.2) is 0 Å². The molecule has 0 heterocycles. The first-order chi connectivity index (χ1) is 26.1. The van der Waals surface area contributed by atoms with Gasteiger partial charge in [0.15, 0.2) is 0 Å². The molecule has 294 valence electrons. The van der Waals surface area contributed by atoms with Gasteiger partial charge in [0.25, 0.3) is 0 Å². The van der Waals surface area contributed by atoms with Crippen molar-refractivity contribution in [1.29, 1.82) is 0 Å². The van der Waals surface area contributed by atoms with E-state index in [1.807, 2.05) is 24.3 Å². The van der Waals surface area contributed by atoms with Crippen LogP contribution in [0.5, 0.6) is 5.75 Å². The summed E-state index contributed by atoms with van der Waals surface area (Å²) in [5, 5.41) is 0. The third-order valence-corrected chi connectivity index (χ3v) is 14.8. The van der Waals surface area contributed by atoms with Gasteiger partial charge in [-0.2, -0.15) is 0 Å². The van der Waals surface area contributed by atoms with Crippen LogP contribution in [0.1, 0.15) is 167 Å². The summed E-state index contributed by atoms with van der Waals surface area (Å²) in [4.78, 5) is 12.9. The highest BCUT2D eigenvalue weighted by Gasteiger charge is 2.59. The normalized spacial score (nSPS) is 29.2. The topological polar surface area (TPSA) is 35.5 Å². The molecule has 54 heavy (non-hydrogen) atoms. The lowest BCUT2D eigenvalue weighted by Gasteiger charge is -2.58. The highest BCUT2D eigenvalue weighted by molar-refractivity contribution is 5.69. The first-order valence-electron chi connectivity index (χ1n) is 22.3. The molecular formula is C51H72O3. The molecule has 0 aromatic heterocycles. The van der Waals surface area contributed by atoms with Crippen molar-refractivity contribution in [2.45, 2.75) is 163 Å². The van der Waals surface area contributed by atoms with Crippen molar-refractivity contribution in [1.82, 2.24) is 0 Å². The Morgan fingerprint density at radius 2 is 1.56 bits per heavy atom. The van der Waals surface area contributed by atoms with E-state index in [9.17, 15) is 4.79 Å². The predicted molar refractivity (Wildman–Crippen MR) is 224 cm³/mol. The summed E-state index contributed by atoms with van der Waals surface area (Å²) in [5.41, 5.74) is 5.84. The Bertz CT molecular complexity index is 1590. The minimum absolute atomic E-state index is 0.0177. The lowest BCUT2D eigenvalue weighted by Crippen LogP contribution is -2.51. The average molecular weight is 733 g/mol. The van der Waals surface area contributed by atoms with E-state index in [4.69, 9.17) is 9.47 Å². The van der Waals surface area contributed by atoms with E-state index in [-0.39, 0.29) is 12.1 Å². The molecule has 3 fully saturated rings. The maximum absolute atomic E-state index is 12.9. The molecule has 3 nitrogen and oxygen atoms in total. The van der Waals surface area contributed by atoms with Crippen LogP contribution in [0.4, 0.5) is 0 Å². The van der Waals surface area contributed by atoms with Crippen molar-refractivity contribution >= 4 is 5.97 Å². The quantitative estimate of drug-likeness (QED) is 0.0746. The van der Waals surface area contributed by atoms with Gasteiger partial charge in [-0.3, -0.25) is 4.79 Å². The molecule has 2 aromatic rings. The Morgan fingerprint density at radius 1 is 0.815 bits per heavy atom. The Kier molecular flexibility index (Phi) is 14.1. The highest BCUT2D eigenvalue weighted by Crippen LogP contribution is 2.67. The van der Waals surface area contributed by atoms with E-state index in [0.717, 1.165) is 90.9 Å². The number of carbonyl (C=O) groups is 1. The van der Waals surface area contributed by atoms with E-state index in [0.29, 0.717) is 23.9 Å². The Labute approximate surface area is 329 Å². The molecule has 4 aliphatic carbocycles. The van der Waals surface area contributed by atoms with Gasteiger partial charge in [-0.15, -0.1) is 0 Å². The number of hydrogen-bond acceptors (Lipinski definition) is 3. The van der Waals surface area contributed by atoms with Crippen molar-refractivity contribution in [2.24, 2.45) is 46.3 Å². The summed E-state index contributed by atoms with van der Waals surface area (Å²) < 4.78 is 12.1. The van der Waals surface area contributed by atoms with Gasteiger partial charge in [0.2, 0.25) is 0 Å². The largest absolute Gasteiger partial charge is 0.494 e. The molecule has 0 aliphatic heterocycles. The highest BCUT2D eigenvalue weighted by atomic mass is 16.5. The van der Waals surface area contributed by atoms with Crippen LogP contribution < -0.4 is 4.74 Å². The fourth-order valence-electron chi connectivity index (χ4n) is 11.7. The molecule has 6 rings (SSSR count). The number of allylic oxidation sites excluding steroid dienone is 1. The summed E-state index contributed by atoms with van der Waals surface area (Å²) in [6.07, 6.45) is 23.8. The second-order valence-corrected chi connectivity index (χ2v) is 18.9. The minimum atomic E-state index is -0.0177. The van der Waals surface area contributed by atoms with Crippen molar-refractivity contribution in [2.75, 3.05) is 6.61 Å². The monoisotopic (exact) mass is 733 g/mol. The number of rotatable bonds is 16. The number of aryl methyl sites for hydroxylation is 1. The van der Waals surface area contributed by atoms with Crippen molar-refractivity contribution < 1.29 is 14.3 Å². The zero-order valence-corrected chi connectivity index (χ0v) is 34.9. The molecule has 8 atom stereocenters. The number of ether oxygens (including phenoxy) is 2. The Hall–Kier alpha value is -2.99. The molecule has 3 saturated carbocycles. The second kappa shape index (κ2) is 18.8. The molecule has 0 radical (unpaired) electrons. The lowest BCUT2D eigenvalue weighted by atomic mass is 9.47. The molecule has 0 amide bonds. The van der Waals surface area contributed by atoms with Crippen molar-refractivity contribution in [3.8, 4) is 17.6 Å². The SMILES string of the molecule is CCCCc1ccc(C#Cc2ccc(OCCCCCC(=O)O[C@H]3CC[C@@]4(C)C(=CC[C@H]5[C@@H]6CC[C@H]([C@H](C)CCCC(C)C)[C@@]6(C)CC[C@@H]54)C3)cc2)cc1. The van der Waals surface area contributed by atoms with E-state index >= 15 is 0 Å². The molecule has 0 unspecified atom stereocenters. The number of esters is 1. The lowest BCUT2D eigenvalue weighted by molar-refractivity contribution is -0.151. The van der Waals surface area contributed by atoms with E-state index in [1.54, 1.807) is 5.57 Å². The molecule has 4 aliphatic rings. The number of hydrogen-bond donors (Lipinski definition) is 0. The van der Waals surface area contributed by atoms with Crippen LogP contribution in [0.2, 0.25) is 0 Å². The van der Waals surface area contributed by atoms with Gasteiger partial charge in [0.1, 0.15) is 11.9 Å².